The summed E-state index contributed by atoms with van der Waals surface area (Å²) in [5.74, 6) is 1.56. The number of ether oxygens (including phenoxy) is 3. The van der Waals surface area contributed by atoms with Crippen molar-refractivity contribution in [1.82, 2.24) is 0 Å². The number of benzene rings is 1. The molecule has 0 aromatic heterocycles. The van der Waals surface area contributed by atoms with Gasteiger partial charge in [0.25, 0.3) is 0 Å². The van der Waals surface area contributed by atoms with E-state index in [1.54, 1.807) is 33.5 Å². The zero-order chi connectivity index (χ0) is 15.2. The van der Waals surface area contributed by atoms with Gasteiger partial charge in [-0.3, -0.25) is 0 Å². The largest absolute Gasteiger partial charge is 1.00 e. The van der Waals surface area contributed by atoms with E-state index in [9.17, 15) is 4.79 Å². The number of hydrogen-bond acceptors (Lipinski definition) is 4. The molecule has 1 aliphatic carbocycles. The third kappa shape index (κ3) is 4.41. The maximum atomic E-state index is 12.7. The smallest absolute Gasteiger partial charge is 0.496 e. The average molecular weight is 316 g/mol. The quantitative estimate of drug-likeness (QED) is 0.583. The van der Waals surface area contributed by atoms with E-state index < -0.39 is 0 Å². The van der Waals surface area contributed by atoms with Crippen LogP contribution < -0.4 is 33.1 Å². The second kappa shape index (κ2) is 9.45. The third-order valence-electron chi connectivity index (χ3n) is 3.82. The average Bonchev–Trinajstić information content (AvgIpc) is 2.54. The molecule has 0 aliphatic heterocycles. The van der Waals surface area contributed by atoms with Crippen molar-refractivity contribution in [3.63, 3.8) is 0 Å². The molecule has 0 amide bonds. The molecule has 0 N–H and O–H groups in total. The fraction of sp³-hybridized carbons (Fsp3) is 0.562. The number of methoxy groups -OCH3 is 3. The first-order valence-electron chi connectivity index (χ1n) is 7.25. The van der Waals surface area contributed by atoms with E-state index >= 15 is 0 Å². The van der Waals surface area contributed by atoms with Crippen LogP contribution in [-0.2, 0) is 0 Å². The number of hydrogen-bond donors (Lipinski definition) is 0. The minimum absolute atomic E-state index is 0. The molecule has 116 valence electrons. The summed E-state index contributed by atoms with van der Waals surface area (Å²) >= 11 is 0. The molecule has 2 rings (SSSR count). The van der Waals surface area contributed by atoms with Crippen LogP contribution in [-0.4, -0.2) is 32.5 Å². The molecule has 4 nitrogen and oxygen atoms in total. The summed E-state index contributed by atoms with van der Waals surface area (Å²) in [6.07, 6.45) is 5.98. The van der Waals surface area contributed by atoms with E-state index in [4.69, 9.17) is 14.2 Å². The fourth-order valence-electron chi connectivity index (χ4n) is 2.72. The minimum Gasteiger partial charge on any atom is -0.496 e. The van der Waals surface area contributed by atoms with Crippen LogP contribution >= 0.6 is 8.58 Å². The van der Waals surface area contributed by atoms with Gasteiger partial charge in [-0.05, 0) is 12.1 Å². The molecule has 22 heavy (non-hydrogen) atoms. The van der Waals surface area contributed by atoms with Crippen LogP contribution in [0.2, 0.25) is 0 Å². The second-order valence-electron chi connectivity index (χ2n) is 5.10. The Morgan fingerprint density at radius 1 is 1.00 bits per heavy atom. The minimum atomic E-state index is 0. The Morgan fingerprint density at radius 2 is 1.59 bits per heavy atom. The summed E-state index contributed by atoms with van der Waals surface area (Å²) in [7, 11) is 5.52. The van der Waals surface area contributed by atoms with E-state index in [1.807, 2.05) is 0 Å². The summed E-state index contributed by atoms with van der Waals surface area (Å²) in [6.45, 7) is 0. The Labute approximate surface area is 146 Å². The van der Waals surface area contributed by atoms with Crippen molar-refractivity contribution in [1.29, 1.82) is 0 Å². The molecule has 1 saturated carbocycles. The van der Waals surface area contributed by atoms with Crippen LogP contribution in [0.1, 0.15) is 42.5 Å². The van der Waals surface area contributed by atoms with Crippen LogP contribution in [0.4, 0.5) is 0 Å². The van der Waals surface area contributed by atoms with Crippen molar-refractivity contribution in [2.75, 3.05) is 21.3 Å². The van der Waals surface area contributed by atoms with E-state index in [0.29, 0.717) is 28.5 Å². The van der Waals surface area contributed by atoms with Crippen LogP contribution in [0, 0.1) is 0 Å². The van der Waals surface area contributed by atoms with Crippen LogP contribution in [0.5, 0.6) is 17.2 Å². The van der Waals surface area contributed by atoms with E-state index in [2.05, 4.69) is 0 Å². The molecule has 0 radical (unpaired) electrons. The molecule has 0 atom stereocenters. The molecular weight excluding hydrogens is 294 g/mol. The Bertz CT molecular complexity index is 501. The summed E-state index contributed by atoms with van der Waals surface area (Å²) in [4.78, 5) is 12.7. The van der Waals surface area contributed by atoms with Gasteiger partial charge in [-0.2, -0.15) is 5.66 Å². The van der Waals surface area contributed by atoms with Crippen molar-refractivity contribution in [2.45, 2.75) is 37.8 Å². The Morgan fingerprint density at radius 3 is 2.14 bits per heavy atom. The molecule has 6 heteroatoms. The van der Waals surface area contributed by atoms with Crippen molar-refractivity contribution in [3.8, 4) is 17.2 Å². The Balaban J connectivity index is 0.00000242. The molecule has 0 bridgehead atoms. The molecule has 1 fully saturated rings. The van der Waals surface area contributed by atoms with Crippen molar-refractivity contribution < 1.29 is 37.9 Å². The molecule has 0 saturated heterocycles. The van der Waals surface area contributed by atoms with Gasteiger partial charge in [-0.15, -0.1) is 0 Å². The molecule has 1 aromatic carbocycles. The summed E-state index contributed by atoms with van der Waals surface area (Å²) < 4.78 is 16.0. The molecule has 1 aliphatic rings. The maximum absolute atomic E-state index is 12.7. The van der Waals surface area contributed by atoms with Gasteiger partial charge in [0, 0.05) is 5.52 Å². The fourth-order valence-corrected chi connectivity index (χ4v) is 4.02. The zero-order valence-electron chi connectivity index (χ0n) is 13.8. The summed E-state index contributed by atoms with van der Waals surface area (Å²) in [6, 6.07) is 3.51. The van der Waals surface area contributed by atoms with Gasteiger partial charge in [0.1, 0.15) is 5.75 Å². The van der Waals surface area contributed by atoms with Crippen molar-refractivity contribution >= 4 is 14.1 Å². The van der Waals surface area contributed by atoms with Gasteiger partial charge in [-0.25, -0.2) is 0 Å². The molecule has 0 heterocycles. The van der Waals surface area contributed by atoms with Gasteiger partial charge < -0.3 is 27.6 Å². The molecule has 0 unspecified atom stereocenters. The van der Waals surface area contributed by atoms with E-state index in [1.165, 1.54) is 19.3 Å². The monoisotopic (exact) mass is 316 g/mol. The SMILES string of the molecule is COc1ccc(OC)c(C(=O)[P-]C2CCCCC2)c1OC.[Li+]. The number of carbonyl (C=O) groups is 1. The van der Waals surface area contributed by atoms with Gasteiger partial charge in [0.05, 0.1) is 26.9 Å². The first kappa shape index (κ1) is 19.4. The second-order valence-corrected chi connectivity index (χ2v) is 6.50. The van der Waals surface area contributed by atoms with Crippen molar-refractivity contribution in [3.05, 3.63) is 17.7 Å². The Kier molecular flexibility index (Phi) is 8.32. The number of rotatable bonds is 6. The van der Waals surface area contributed by atoms with Gasteiger partial charge in [0.15, 0.2) is 11.5 Å². The molecular formula is C16H22LiO4P. The van der Waals surface area contributed by atoms with Crippen LogP contribution in [0.3, 0.4) is 0 Å². The van der Waals surface area contributed by atoms with E-state index in [0.717, 1.165) is 21.4 Å². The zero-order valence-corrected chi connectivity index (χ0v) is 14.7. The first-order valence-corrected chi connectivity index (χ1v) is 8.21. The predicted octanol–water partition coefficient (Wildman–Crippen LogP) is 1.14. The molecule has 0 spiro atoms. The topological polar surface area (TPSA) is 44.8 Å². The first-order chi connectivity index (χ1) is 10.2. The predicted molar refractivity (Wildman–Crippen MR) is 84.2 cm³/mol. The third-order valence-corrected chi connectivity index (χ3v) is 5.16. The normalized spacial score (nSPS) is 15.4. The Hall–Kier alpha value is -0.683. The van der Waals surface area contributed by atoms with E-state index in [-0.39, 0.29) is 24.4 Å². The maximum Gasteiger partial charge on any atom is 1.00 e. The summed E-state index contributed by atoms with van der Waals surface area (Å²) in [5, 5.41) is 0. The van der Waals surface area contributed by atoms with Crippen LogP contribution in [0.25, 0.3) is 0 Å². The van der Waals surface area contributed by atoms with Gasteiger partial charge in [-0.1, -0.05) is 32.1 Å². The molecule has 1 aromatic rings. The number of carbonyl (C=O) groups excluding carboxylic acids is 1. The van der Waals surface area contributed by atoms with Gasteiger partial charge in [0.2, 0.25) is 0 Å². The van der Waals surface area contributed by atoms with Crippen LogP contribution in [0.15, 0.2) is 12.1 Å². The summed E-state index contributed by atoms with van der Waals surface area (Å²) in [5.41, 5.74) is 0.993. The standard InChI is InChI=1S/C16H22O4P.Li/c1-18-12-9-10-13(19-2)15(20-3)14(12)16(17)21-11-7-5-4-6-8-11;/h9-11H,4-8H2,1-3H3;/q-1;+1. The van der Waals surface area contributed by atoms with Gasteiger partial charge >= 0.3 is 18.9 Å². The van der Waals surface area contributed by atoms with Crippen molar-refractivity contribution in [2.24, 2.45) is 0 Å².